The maximum atomic E-state index is 10.9. The van der Waals surface area contributed by atoms with Gasteiger partial charge in [-0.25, -0.2) is 0 Å². The number of carbonyl (C=O) groups excluding carboxylic acids is 2. The van der Waals surface area contributed by atoms with Crippen molar-refractivity contribution in [1.82, 2.24) is 0 Å². The summed E-state index contributed by atoms with van der Waals surface area (Å²) in [7, 11) is 0. The first kappa shape index (κ1) is 10.6. The van der Waals surface area contributed by atoms with E-state index >= 15 is 0 Å². The van der Waals surface area contributed by atoms with Crippen LogP contribution in [-0.4, -0.2) is 12.6 Å². The molecule has 2 rings (SSSR count). The summed E-state index contributed by atoms with van der Waals surface area (Å²) in [4.78, 5) is 21.6. The Balaban J connectivity index is 2.91. The van der Waals surface area contributed by atoms with Crippen LogP contribution in [0.2, 0.25) is 0 Å². The average molecular weight is 212 g/mol. The van der Waals surface area contributed by atoms with Crippen molar-refractivity contribution >= 4 is 23.3 Å². The predicted octanol–water partition coefficient (Wildman–Crippen LogP) is 3.08. The van der Waals surface area contributed by atoms with Gasteiger partial charge < -0.3 is 0 Å². The molecule has 0 aliphatic carbocycles. The lowest BCUT2D eigenvalue weighted by molar-refractivity contribution is 0.111. The lowest BCUT2D eigenvalue weighted by Crippen LogP contribution is -1.92. The first-order chi connectivity index (χ1) is 7.67. The highest BCUT2D eigenvalue weighted by atomic mass is 16.1. The van der Waals surface area contributed by atoms with Gasteiger partial charge in [0.2, 0.25) is 0 Å². The molecule has 0 N–H and O–H groups in total. The van der Waals surface area contributed by atoms with Crippen LogP contribution in [0.3, 0.4) is 0 Å². The number of fused-ring (bicyclic) bond motifs is 1. The summed E-state index contributed by atoms with van der Waals surface area (Å²) in [6.07, 6.45) is 1.68. The third kappa shape index (κ3) is 1.52. The molecule has 0 saturated carbocycles. The van der Waals surface area contributed by atoms with Crippen molar-refractivity contribution in [1.29, 1.82) is 0 Å². The standard InChI is InChI=1S/C14H12O2/c1-9-5-12(8-16)10(2)14-6-11(7-15)3-4-13(9)14/h3-8H,1-2H3. The molecule has 2 heteroatoms. The molecule has 0 spiro atoms. The SMILES string of the molecule is Cc1cc(C=O)c(C)c2cc(C=O)ccc12. The summed E-state index contributed by atoms with van der Waals surface area (Å²) < 4.78 is 0. The minimum Gasteiger partial charge on any atom is -0.298 e. The lowest BCUT2D eigenvalue weighted by atomic mass is 9.95. The third-order valence-corrected chi connectivity index (χ3v) is 2.94. The zero-order chi connectivity index (χ0) is 11.7. The minimum atomic E-state index is 0.637. The molecule has 80 valence electrons. The van der Waals surface area contributed by atoms with Gasteiger partial charge in [-0.05, 0) is 47.9 Å². The highest BCUT2D eigenvalue weighted by Gasteiger charge is 2.06. The van der Waals surface area contributed by atoms with E-state index < -0.39 is 0 Å². The molecule has 0 saturated heterocycles. The van der Waals surface area contributed by atoms with E-state index in [-0.39, 0.29) is 0 Å². The number of benzene rings is 2. The van der Waals surface area contributed by atoms with Gasteiger partial charge in [-0.2, -0.15) is 0 Å². The van der Waals surface area contributed by atoms with E-state index in [1.807, 2.05) is 32.0 Å². The van der Waals surface area contributed by atoms with Gasteiger partial charge in [0, 0.05) is 11.1 Å². The fourth-order valence-corrected chi connectivity index (χ4v) is 1.99. The summed E-state index contributed by atoms with van der Waals surface area (Å²) in [6.45, 7) is 3.87. The van der Waals surface area contributed by atoms with Crippen LogP contribution >= 0.6 is 0 Å². The largest absolute Gasteiger partial charge is 0.298 e. The predicted molar refractivity (Wildman–Crippen MR) is 64.2 cm³/mol. The molecule has 0 heterocycles. The normalized spacial score (nSPS) is 10.4. The number of hydrogen-bond donors (Lipinski definition) is 0. The van der Waals surface area contributed by atoms with Gasteiger partial charge in [-0.3, -0.25) is 9.59 Å². The van der Waals surface area contributed by atoms with Crippen molar-refractivity contribution < 1.29 is 9.59 Å². The van der Waals surface area contributed by atoms with Gasteiger partial charge in [0.05, 0.1) is 0 Å². The molecule has 0 amide bonds. The molecule has 2 aromatic rings. The van der Waals surface area contributed by atoms with Gasteiger partial charge in [-0.1, -0.05) is 12.1 Å². The highest BCUT2D eigenvalue weighted by Crippen LogP contribution is 2.25. The monoisotopic (exact) mass is 212 g/mol. The van der Waals surface area contributed by atoms with Crippen molar-refractivity contribution in [2.24, 2.45) is 0 Å². The summed E-state index contributed by atoms with van der Waals surface area (Å²) in [6, 6.07) is 7.43. The Bertz CT molecular complexity index is 583. The zero-order valence-corrected chi connectivity index (χ0v) is 9.28. The second-order valence-corrected chi connectivity index (χ2v) is 3.95. The van der Waals surface area contributed by atoms with Crippen LogP contribution in [0.25, 0.3) is 10.8 Å². The van der Waals surface area contributed by atoms with Gasteiger partial charge in [0.1, 0.15) is 12.6 Å². The van der Waals surface area contributed by atoms with Crippen molar-refractivity contribution in [3.05, 3.63) is 46.5 Å². The van der Waals surface area contributed by atoms with E-state index in [1.165, 1.54) is 0 Å². The molecule has 0 unspecified atom stereocenters. The quantitative estimate of drug-likeness (QED) is 0.717. The smallest absolute Gasteiger partial charge is 0.150 e. The van der Waals surface area contributed by atoms with Gasteiger partial charge in [0.15, 0.2) is 0 Å². The molecule has 2 nitrogen and oxygen atoms in total. The number of rotatable bonds is 2. The molecular formula is C14H12O2. The van der Waals surface area contributed by atoms with E-state index in [0.29, 0.717) is 11.1 Å². The first-order valence-electron chi connectivity index (χ1n) is 5.11. The van der Waals surface area contributed by atoms with Crippen LogP contribution < -0.4 is 0 Å². The molecule has 0 aliphatic heterocycles. The molecule has 0 bridgehead atoms. The van der Waals surface area contributed by atoms with Crippen LogP contribution in [0.15, 0.2) is 24.3 Å². The average Bonchev–Trinajstić information content (AvgIpc) is 2.33. The Morgan fingerprint density at radius 2 is 1.69 bits per heavy atom. The summed E-state index contributed by atoms with van der Waals surface area (Å²) in [5.41, 5.74) is 3.31. The van der Waals surface area contributed by atoms with Crippen LogP contribution in [0.4, 0.5) is 0 Å². The van der Waals surface area contributed by atoms with Crippen molar-refractivity contribution in [2.75, 3.05) is 0 Å². The van der Waals surface area contributed by atoms with Crippen molar-refractivity contribution in [3.8, 4) is 0 Å². The minimum absolute atomic E-state index is 0.637. The van der Waals surface area contributed by atoms with E-state index in [0.717, 1.165) is 34.5 Å². The number of hydrogen-bond acceptors (Lipinski definition) is 2. The van der Waals surface area contributed by atoms with E-state index in [9.17, 15) is 9.59 Å². The Labute approximate surface area is 93.9 Å². The van der Waals surface area contributed by atoms with Gasteiger partial charge >= 0.3 is 0 Å². The Morgan fingerprint density at radius 3 is 2.31 bits per heavy atom. The molecular weight excluding hydrogens is 200 g/mol. The summed E-state index contributed by atoms with van der Waals surface area (Å²) >= 11 is 0. The molecule has 0 aliphatic rings. The Morgan fingerprint density at radius 1 is 0.938 bits per heavy atom. The maximum Gasteiger partial charge on any atom is 0.150 e. The maximum absolute atomic E-state index is 10.9. The number of carbonyl (C=O) groups is 2. The van der Waals surface area contributed by atoms with Crippen LogP contribution in [0.1, 0.15) is 31.8 Å². The fourth-order valence-electron chi connectivity index (χ4n) is 1.99. The molecule has 2 aromatic carbocycles. The third-order valence-electron chi connectivity index (χ3n) is 2.94. The summed E-state index contributed by atoms with van der Waals surface area (Å²) in [5, 5.41) is 2.07. The second-order valence-electron chi connectivity index (χ2n) is 3.95. The molecule has 0 atom stereocenters. The fraction of sp³-hybridized carbons (Fsp3) is 0.143. The molecule has 16 heavy (non-hydrogen) atoms. The second kappa shape index (κ2) is 3.89. The van der Waals surface area contributed by atoms with E-state index in [4.69, 9.17) is 0 Å². The first-order valence-corrected chi connectivity index (χ1v) is 5.11. The topological polar surface area (TPSA) is 34.1 Å². The molecule has 0 fully saturated rings. The summed E-state index contributed by atoms with van der Waals surface area (Å²) in [5.74, 6) is 0. The highest BCUT2D eigenvalue weighted by molar-refractivity contribution is 5.97. The Kier molecular flexibility index (Phi) is 2.57. The number of aldehydes is 2. The van der Waals surface area contributed by atoms with Crippen molar-refractivity contribution in [2.45, 2.75) is 13.8 Å². The van der Waals surface area contributed by atoms with Gasteiger partial charge in [0.25, 0.3) is 0 Å². The van der Waals surface area contributed by atoms with E-state index in [2.05, 4.69) is 0 Å². The molecule has 0 radical (unpaired) electrons. The number of aryl methyl sites for hydroxylation is 2. The van der Waals surface area contributed by atoms with Crippen molar-refractivity contribution in [3.63, 3.8) is 0 Å². The van der Waals surface area contributed by atoms with Gasteiger partial charge in [-0.15, -0.1) is 0 Å². The Hall–Kier alpha value is -1.96. The van der Waals surface area contributed by atoms with Crippen LogP contribution in [-0.2, 0) is 0 Å². The zero-order valence-electron chi connectivity index (χ0n) is 9.28. The van der Waals surface area contributed by atoms with Crippen LogP contribution in [0, 0.1) is 13.8 Å². The lowest BCUT2D eigenvalue weighted by Gasteiger charge is -2.08. The van der Waals surface area contributed by atoms with Crippen LogP contribution in [0.5, 0.6) is 0 Å². The van der Waals surface area contributed by atoms with E-state index in [1.54, 1.807) is 6.07 Å². The molecule has 0 aromatic heterocycles.